The van der Waals surface area contributed by atoms with Crippen LogP contribution in [-0.2, 0) is 14.3 Å². The van der Waals surface area contributed by atoms with E-state index >= 15 is 0 Å². The molecule has 0 radical (unpaired) electrons. The average molecular weight is 682 g/mol. The number of fused-ring (bicyclic) bond motifs is 5. The molecule has 0 aliphatic heterocycles. The van der Waals surface area contributed by atoms with E-state index in [0.29, 0.717) is 27.6 Å². The highest BCUT2D eigenvalue weighted by Gasteiger charge is 2.64. The number of alkyl halides is 1. The number of halogens is 1. The summed E-state index contributed by atoms with van der Waals surface area (Å²) in [4.78, 5) is 25.3. The molecule has 234 valence electrons. The Morgan fingerprint density at radius 3 is 2.34 bits per heavy atom. The van der Waals surface area contributed by atoms with Crippen molar-refractivity contribution in [2.75, 3.05) is 4.43 Å². The first-order valence-electron chi connectivity index (χ1n) is 17.0. The van der Waals surface area contributed by atoms with Crippen molar-refractivity contribution in [3.8, 4) is 0 Å². The number of ether oxygens (including phenoxy) is 1. The second-order valence-electron chi connectivity index (χ2n) is 16.2. The molecule has 0 aromatic heterocycles. The quantitative estimate of drug-likeness (QED) is 0.102. The molecule has 0 aromatic rings. The molecule has 5 heteroatoms. The number of amides is 1. The van der Waals surface area contributed by atoms with Gasteiger partial charge in [-0.1, -0.05) is 109 Å². The van der Waals surface area contributed by atoms with Crippen molar-refractivity contribution >= 4 is 34.5 Å². The molecule has 3 saturated carbocycles. The summed E-state index contributed by atoms with van der Waals surface area (Å²) in [5.41, 5.74) is 2.60. The molecule has 4 aliphatic rings. The van der Waals surface area contributed by atoms with Gasteiger partial charge in [-0.3, -0.25) is 4.79 Å². The summed E-state index contributed by atoms with van der Waals surface area (Å²) in [7, 11) is 0. The van der Waals surface area contributed by atoms with Crippen LogP contribution in [0.3, 0.4) is 0 Å². The van der Waals surface area contributed by atoms with Crippen LogP contribution >= 0.6 is 22.6 Å². The van der Waals surface area contributed by atoms with Crippen LogP contribution in [0.2, 0.25) is 0 Å². The molecular formula is C36H60INO3. The average Bonchev–Trinajstić information content (AvgIpc) is 3.26. The summed E-state index contributed by atoms with van der Waals surface area (Å²) in [5, 5.41) is 2.91. The van der Waals surface area contributed by atoms with Crippen molar-refractivity contribution in [1.29, 1.82) is 0 Å². The molecule has 1 amide bonds. The van der Waals surface area contributed by atoms with Gasteiger partial charge in [0.15, 0.2) is 0 Å². The third-order valence-corrected chi connectivity index (χ3v) is 13.2. The van der Waals surface area contributed by atoms with E-state index in [0.717, 1.165) is 48.9 Å². The Kier molecular flexibility index (Phi) is 10.7. The Labute approximate surface area is 265 Å². The lowest BCUT2D eigenvalue weighted by Gasteiger charge is -2.63. The predicted octanol–water partition coefficient (Wildman–Crippen LogP) is 9.30. The van der Waals surface area contributed by atoms with Gasteiger partial charge in [0, 0.05) is 6.42 Å². The summed E-state index contributed by atoms with van der Waals surface area (Å²) >= 11 is 2.05. The highest BCUT2D eigenvalue weighted by Crippen LogP contribution is 2.72. The van der Waals surface area contributed by atoms with Crippen LogP contribution in [0.4, 0.5) is 0 Å². The molecule has 1 N–H and O–H groups in total. The molecule has 0 bridgehead atoms. The lowest BCUT2D eigenvalue weighted by Crippen LogP contribution is -2.56. The fraction of sp³-hybridized carbons (Fsp3) is 0.889. The number of rotatable bonds is 11. The third-order valence-electron chi connectivity index (χ3n) is 12.6. The Morgan fingerprint density at radius 2 is 1.68 bits per heavy atom. The summed E-state index contributed by atoms with van der Waals surface area (Å²) < 4.78 is 6.48. The minimum absolute atomic E-state index is 0.0752. The molecule has 41 heavy (non-hydrogen) atoms. The van der Waals surface area contributed by atoms with Crippen LogP contribution < -0.4 is 5.32 Å². The lowest BCUT2D eigenvalue weighted by atomic mass is 9.41. The first kappa shape index (κ1) is 33.3. The normalized spacial score (nSPS) is 38.0. The van der Waals surface area contributed by atoms with Crippen molar-refractivity contribution < 1.29 is 14.3 Å². The van der Waals surface area contributed by atoms with Gasteiger partial charge in [-0.15, -0.1) is 0 Å². The highest BCUT2D eigenvalue weighted by atomic mass is 127. The highest BCUT2D eigenvalue weighted by molar-refractivity contribution is 14.1. The number of carbonyl (C=O) groups excluding carboxylic acids is 2. The van der Waals surface area contributed by atoms with E-state index in [1.807, 2.05) is 22.6 Å². The van der Waals surface area contributed by atoms with Crippen LogP contribution in [0.5, 0.6) is 0 Å². The first-order valence-corrected chi connectivity index (χ1v) is 18.5. The Hall–Kier alpha value is -0.590. The minimum atomic E-state index is -0.548. The van der Waals surface area contributed by atoms with E-state index in [2.05, 4.69) is 66.8 Å². The number of carbonyl (C=O) groups is 2. The number of hydrogen-bond acceptors (Lipinski definition) is 3. The molecule has 0 aromatic carbocycles. The van der Waals surface area contributed by atoms with Crippen LogP contribution in [0.15, 0.2) is 11.6 Å². The van der Waals surface area contributed by atoms with Gasteiger partial charge in [-0.25, -0.2) is 4.79 Å². The second kappa shape index (κ2) is 13.2. The van der Waals surface area contributed by atoms with Gasteiger partial charge >= 0.3 is 5.97 Å². The maximum absolute atomic E-state index is 13.2. The molecular weight excluding hydrogens is 621 g/mol. The van der Waals surface area contributed by atoms with E-state index in [1.165, 1.54) is 51.4 Å². The smallest absolute Gasteiger partial charge is 0.328 e. The number of allylic oxidation sites excluding steroid dienone is 1. The van der Waals surface area contributed by atoms with Crippen molar-refractivity contribution in [2.24, 2.45) is 51.8 Å². The Bertz CT molecular complexity index is 976. The zero-order chi connectivity index (χ0) is 30.2. The number of hydrogen-bond donors (Lipinski definition) is 1. The molecule has 9 atom stereocenters. The van der Waals surface area contributed by atoms with E-state index in [4.69, 9.17) is 4.74 Å². The SMILES string of the molecule is CC(C)CCC[C@@H](C)[C@H]1CC[C@@H]2[C@]1(C)CC[C@H]1[C@@]2(C)CC=C2C[C@@H](OC(=O)C(CC(C)C)NC(=O)CI)CC[C@@]21C. The summed E-state index contributed by atoms with van der Waals surface area (Å²) in [6.07, 6.45) is 16.9. The maximum Gasteiger partial charge on any atom is 0.328 e. The summed E-state index contributed by atoms with van der Waals surface area (Å²) in [6, 6.07) is -0.548. The van der Waals surface area contributed by atoms with Crippen LogP contribution in [0.25, 0.3) is 0 Å². The van der Waals surface area contributed by atoms with Crippen molar-refractivity contribution in [3.05, 3.63) is 11.6 Å². The molecule has 4 aliphatic carbocycles. The molecule has 3 fully saturated rings. The zero-order valence-corrected chi connectivity index (χ0v) is 29.6. The number of esters is 1. The summed E-state index contributed by atoms with van der Waals surface area (Å²) in [6.45, 7) is 19.3. The topological polar surface area (TPSA) is 55.4 Å². The molecule has 0 saturated heterocycles. The standard InChI is InChI=1S/C36H60INO3/c1-23(2)10-9-11-25(5)28-12-13-30-35(28,7)19-16-31-34(6)18-15-27(21-26(34)14-17-36(30,31)8)41-33(40)29(20-24(3)4)38-32(39)22-37/h14,23-25,27-31H,9-13,15-22H2,1-8H3,(H,38,39)/t25-,27+,28-,29?,30-,31-,34+,35-,36+/m1/s1. The van der Waals surface area contributed by atoms with Gasteiger partial charge < -0.3 is 10.1 Å². The van der Waals surface area contributed by atoms with Gasteiger partial charge in [0.05, 0.1) is 4.43 Å². The van der Waals surface area contributed by atoms with Crippen molar-refractivity contribution in [1.82, 2.24) is 5.32 Å². The van der Waals surface area contributed by atoms with Gasteiger partial charge in [-0.05, 0) is 103 Å². The Balaban J connectivity index is 1.45. The van der Waals surface area contributed by atoms with Crippen molar-refractivity contribution in [2.45, 2.75) is 145 Å². The molecule has 4 nitrogen and oxygen atoms in total. The van der Waals surface area contributed by atoms with E-state index < -0.39 is 6.04 Å². The van der Waals surface area contributed by atoms with E-state index in [-0.39, 0.29) is 23.4 Å². The van der Waals surface area contributed by atoms with Crippen LogP contribution in [-0.4, -0.2) is 28.4 Å². The second-order valence-corrected chi connectivity index (χ2v) is 16.9. The molecule has 0 heterocycles. The predicted molar refractivity (Wildman–Crippen MR) is 178 cm³/mol. The lowest BCUT2D eigenvalue weighted by molar-refractivity contribution is -0.157. The largest absolute Gasteiger partial charge is 0.461 e. The van der Waals surface area contributed by atoms with Gasteiger partial charge in [0.1, 0.15) is 12.1 Å². The first-order chi connectivity index (χ1) is 19.2. The monoisotopic (exact) mass is 681 g/mol. The molecule has 1 unspecified atom stereocenters. The van der Waals surface area contributed by atoms with Gasteiger partial charge in [-0.2, -0.15) is 0 Å². The van der Waals surface area contributed by atoms with E-state index in [1.54, 1.807) is 5.57 Å². The summed E-state index contributed by atoms with van der Waals surface area (Å²) in [5.74, 6) is 4.02. The number of nitrogens with one attached hydrogen (secondary N) is 1. The van der Waals surface area contributed by atoms with Crippen molar-refractivity contribution in [3.63, 3.8) is 0 Å². The van der Waals surface area contributed by atoms with Gasteiger partial charge in [0.25, 0.3) is 0 Å². The van der Waals surface area contributed by atoms with Crippen LogP contribution in [0.1, 0.15) is 132 Å². The molecule has 4 rings (SSSR count). The third kappa shape index (κ3) is 6.75. The fourth-order valence-electron chi connectivity index (χ4n) is 10.6. The molecule has 0 spiro atoms. The zero-order valence-electron chi connectivity index (χ0n) is 27.5. The van der Waals surface area contributed by atoms with Gasteiger partial charge in [0.2, 0.25) is 5.91 Å². The Morgan fingerprint density at radius 1 is 0.951 bits per heavy atom. The van der Waals surface area contributed by atoms with E-state index in [9.17, 15) is 9.59 Å². The maximum atomic E-state index is 13.2. The minimum Gasteiger partial charge on any atom is -0.461 e. The van der Waals surface area contributed by atoms with Crippen LogP contribution in [0, 0.1) is 51.8 Å². The fourth-order valence-corrected chi connectivity index (χ4v) is 10.8.